The fourth-order valence-electron chi connectivity index (χ4n) is 1.60. The lowest BCUT2D eigenvalue weighted by atomic mass is 10.2. The number of hydrogen-bond acceptors (Lipinski definition) is 5. The summed E-state index contributed by atoms with van der Waals surface area (Å²) < 4.78 is 25.4. The molecule has 0 aliphatic heterocycles. The topological polar surface area (TPSA) is 77.5 Å². The van der Waals surface area contributed by atoms with Gasteiger partial charge < -0.3 is 9.90 Å². The van der Waals surface area contributed by atoms with Gasteiger partial charge in [-0.3, -0.25) is 0 Å². The first kappa shape index (κ1) is 16.0. The average Bonchev–Trinajstić information content (AvgIpc) is 2.39. The van der Waals surface area contributed by atoms with Crippen LogP contribution in [0.4, 0.5) is 0 Å². The molecule has 0 aliphatic rings. The van der Waals surface area contributed by atoms with Crippen LogP contribution in [-0.4, -0.2) is 43.8 Å². The third-order valence-corrected chi connectivity index (χ3v) is 5.25. The molecule has 5 nitrogen and oxygen atoms in total. The summed E-state index contributed by atoms with van der Waals surface area (Å²) in [6, 6.07) is 6.60. The van der Waals surface area contributed by atoms with Gasteiger partial charge in [-0.2, -0.15) is 16.1 Å². The van der Waals surface area contributed by atoms with E-state index in [2.05, 4.69) is 0 Å². The smallest absolute Gasteiger partial charge is 0.243 e. The van der Waals surface area contributed by atoms with Crippen molar-refractivity contribution >= 4 is 27.8 Å². The van der Waals surface area contributed by atoms with E-state index in [1.54, 1.807) is 18.2 Å². The average molecular weight is 302 g/mol. The maximum atomic E-state index is 12.3. The van der Waals surface area contributed by atoms with Gasteiger partial charge >= 0.3 is 0 Å². The summed E-state index contributed by atoms with van der Waals surface area (Å²) >= 11 is 1.46. The predicted molar refractivity (Wildman–Crippen MR) is 73.2 cm³/mol. The lowest BCUT2D eigenvalue weighted by Crippen LogP contribution is -2.49. The monoisotopic (exact) mass is 302 g/mol. The fraction of sp³-hybridized carbons (Fsp3) is 0.417. The molecule has 1 aromatic carbocycles. The molecule has 7 heteroatoms. The van der Waals surface area contributed by atoms with Crippen LogP contribution in [0.2, 0.25) is 0 Å². The van der Waals surface area contributed by atoms with Gasteiger partial charge in [0.15, 0.2) is 0 Å². The molecular weight excluding hydrogens is 286 g/mol. The van der Waals surface area contributed by atoms with E-state index in [1.807, 2.05) is 6.26 Å². The zero-order valence-corrected chi connectivity index (χ0v) is 12.4. The largest absolute Gasteiger partial charge is 0.548 e. The van der Waals surface area contributed by atoms with Crippen LogP contribution >= 0.6 is 11.8 Å². The molecule has 0 bridgehead atoms. The molecule has 0 saturated carbocycles. The highest BCUT2D eigenvalue weighted by Crippen LogP contribution is 2.18. The Labute approximate surface area is 117 Å². The number of carboxylic acid groups (broad SMARTS) is 1. The molecule has 1 aromatic rings. The highest BCUT2D eigenvalue weighted by Gasteiger charge is 2.28. The minimum Gasteiger partial charge on any atom is -0.548 e. The number of likely N-dealkylation sites (N-methyl/N-ethyl adjacent to an activating group) is 1. The van der Waals surface area contributed by atoms with Crippen molar-refractivity contribution in [1.82, 2.24) is 4.31 Å². The predicted octanol–water partition coefficient (Wildman–Crippen LogP) is 0.179. The molecule has 0 heterocycles. The highest BCUT2D eigenvalue weighted by atomic mass is 32.2. The number of hydrogen-bond donors (Lipinski definition) is 0. The highest BCUT2D eigenvalue weighted by molar-refractivity contribution is 7.98. The number of carbonyl (C=O) groups excluding carboxylic acids is 1. The van der Waals surface area contributed by atoms with Crippen LogP contribution in [0.1, 0.15) is 6.42 Å². The normalized spacial score (nSPS) is 13.4. The fourth-order valence-corrected chi connectivity index (χ4v) is 3.42. The van der Waals surface area contributed by atoms with Crippen molar-refractivity contribution < 1.29 is 18.3 Å². The molecule has 0 unspecified atom stereocenters. The number of benzene rings is 1. The van der Waals surface area contributed by atoms with Gasteiger partial charge in [-0.05, 0) is 30.6 Å². The molecule has 0 spiro atoms. The van der Waals surface area contributed by atoms with Crippen molar-refractivity contribution in [2.75, 3.05) is 19.1 Å². The van der Waals surface area contributed by atoms with Crippen LogP contribution in [0.3, 0.4) is 0 Å². The third kappa shape index (κ3) is 3.95. The standard InChI is InChI=1S/C12H17NO4S2/c1-13(11(12(14)15)8-9-18-2)19(16,17)10-6-4-3-5-7-10/h3-7,11H,8-9H2,1-2H3,(H,14,15)/p-1/t11-/m1/s1. The molecule has 1 rings (SSSR count). The molecule has 106 valence electrons. The summed E-state index contributed by atoms with van der Waals surface area (Å²) in [6.45, 7) is 0. The van der Waals surface area contributed by atoms with Gasteiger partial charge in [0.05, 0.1) is 16.9 Å². The molecule has 0 amide bonds. The van der Waals surface area contributed by atoms with Gasteiger partial charge in [-0.15, -0.1) is 0 Å². The second kappa shape index (κ2) is 6.93. The van der Waals surface area contributed by atoms with Gasteiger partial charge in [0, 0.05) is 7.05 Å². The second-order valence-electron chi connectivity index (χ2n) is 3.95. The molecular formula is C12H16NO4S2-. The van der Waals surface area contributed by atoms with Crippen LogP contribution in [0.25, 0.3) is 0 Å². The van der Waals surface area contributed by atoms with E-state index in [0.717, 1.165) is 4.31 Å². The minimum absolute atomic E-state index is 0.0768. The molecule has 1 atom stereocenters. The van der Waals surface area contributed by atoms with Crippen LogP contribution in [0.15, 0.2) is 35.2 Å². The number of carboxylic acids is 1. The van der Waals surface area contributed by atoms with Crippen molar-refractivity contribution in [2.24, 2.45) is 0 Å². The molecule has 0 fully saturated rings. The Morgan fingerprint density at radius 1 is 1.37 bits per heavy atom. The van der Waals surface area contributed by atoms with Crippen LogP contribution in [0, 0.1) is 0 Å². The van der Waals surface area contributed by atoms with E-state index in [-0.39, 0.29) is 11.3 Å². The van der Waals surface area contributed by atoms with E-state index >= 15 is 0 Å². The Morgan fingerprint density at radius 2 is 1.95 bits per heavy atom. The molecule has 0 radical (unpaired) electrons. The van der Waals surface area contributed by atoms with Crippen molar-refractivity contribution in [3.63, 3.8) is 0 Å². The number of nitrogens with zero attached hydrogens (tertiary/aromatic N) is 1. The van der Waals surface area contributed by atoms with Gasteiger partial charge in [0.2, 0.25) is 10.0 Å². The lowest BCUT2D eigenvalue weighted by molar-refractivity contribution is -0.310. The van der Waals surface area contributed by atoms with Crippen molar-refractivity contribution in [3.05, 3.63) is 30.3 Å². The molecule has 0 N–H and O–H groups in total. The second-order valence-corrected chi connectivity index (χ2v) is 6.93. The molecule has 19 heavy (non-hydrogen) atoms. The van der Waals surface area contributed by atoms with Gasteiger partial charge in [0.1, 0.15) is 0 Å². The summed E-state index contributed by atoms with van der Waals surface area (Å²) in [5.74, 6) is -0.830. The van der Waals surface area contributed by atoms with E-state index in [1.165, 1.54) is 30.9 Å². The number of aliphatic carboxylic acids is 1. The summed E-state index contributed by atoms with van der Waals surface area (Å²) in [7, 11) is -2.54. The Bertz CT molecular complexity index is 516. The third-order valence-electron chi connectivity index (χ3n) is 2.73. The van der Waals surface area contributed by atoms with Crippen molar-refractivity contribution in [1.29, 1.82) is 0 Å². The number of sulfonamides is 1. The Kier molecular flexibility index (Phi) is 5.84. The zero-order valence-electron chi connectivity index (χ0n) is 10.8. The number of carbonyl (C=O) groups is 1. The van der Waals surface area contributed by atoms with Crippen LogP contribution in [-0.2, 0) is 14.8 Å². The lowest BCUT2D eigenvalue weighted by Gasteiger charge is -2.28. The maximum Gasteiger partial charge on any atom is 0.243 e. The first-order chi connectivity index (χ1) is 8.91. The van der Waals surface area contributed by atoms with Crippen molar-refractivity contribution in [3.8, 4) is 0 Å². The first-order valence-electron chi connectivity index (χ1n) is 5.64. The zero-order chi connectivity index (χ0) is 14.5. The molecule has 0 aliphatic carbocycles. The van der Waals surface area contributed by atoms with E-state index in [0.29, 0.717) is 5.75 Å². The summed E-state index contributed by atoms with van der Waals surface area (Å²) in [4.78, 5) is 11.2. The Balaban J connectivity index is 3.02. The Morgan fingerprint density at radius 3 is 2.42 bits per heavy atom. The summed E-state index contributed by atoms with van der Waals surface area (Å²) in [6.07, 6.45) is 2.05. The minimum atomic E-state index is -3.81. The van der Waals surface area contributed by atoms with Gasteiger partial charge in [-0.1, -0.05) is 18.2 Å². The first-order valence-corrected chi connectivity index (χ1v) is 8.47. The van der Waals surface area contributed by atoms with Crippen molar-refractivity contribution in [2.45, 2.75) is 17.4 Å². The quantitative estimate of drug-likeness (QED) is 0.718. The van der Waals surface area contributed by atoms with E-state index in [9.17, 15) is 18.3 Å². The number of thioether (sulfide) groups is 1. The molecule has 0 saturated heterocycles. The van der Waals surface area contributed by atoms with E-state index in [4.69, 9.17) is 0 Å². The molecule has 0 aromatic heterocycles. The SMILES string of the molecule is CSCC[C@H](C(=O)[O-])N(C)S(=O)(=O)c1ccccc1. The van der Waals surface area contributed by atoms with Crippen LogP contribution < -0.4 is 5.11 Å². The Hall–Kier alpha value is -1.05. The maximum absolute atomic E-state index is 12.3. The van der Waals surface area contributed by atoms with Gasteiger partial charge in [0.25, 0.3) is 0 Å². The van der Waals surface area contributed by atoms with Gasteiger partial charge in [-0.25, -0.2) is 8.42 Å². The van der Waals surface area contributed by atoms with E-state index < -0.39 is 22.0 Å². The summed E-state index contributed by atoms with van der Waals surface area (Å²) in [5, 5.41) is 11.1. The number of rotatable bonds is 7. The summed E-state index contributed by atoms with van der Waals surface area (Å²) in [5.41, 5.74) is 0. The van der Waals surface area contributed by atoms with Crippen LogP contribution in [0.5, 0.6) is 0 Å².